The Balaban J connectivity index is 1.93. The maximum atomic E-state index is 12.8. The fourth-order valence-corrected chi connectivity index (χ4v) is 3.11. The Hall–Kier alpha value is -2.41. The molecule has 0 aromatic carbocycles. The molecule has 1 aliphatic rings. The molecule has 0 spiro atoms. The third kappa shape index (κ3) is 3.41. The summed E-state index contributed by atoms with van der Waals surface area (Å²) in [5.74, 6) is 0.643. The van der Waals surface area contributed by atoms with Crippen molar-refractivity contribution in [3.8, 4) is 0 Å². The summed E-state index contributed by atoms with van der Waals surface area (Å²) in [6.45, 7) is 3.34. The highest BCUT2D eigenvalue weighted by atomic mass is 16.2. The second-order valence-electron chi connectivity index (χ2n) is 6.31. The summed E-state index contributed by atoms with van der Waals surface area (Å²) in [6.07, 6.45) is 8.38. The Morgan fingerprint density at radius 2 is 2.12 bits per heavy atom. The molecule has 3 heterocycles. The van der Waals surface area contributed by atoms with Crippen LogP contribution >= 0.6 is 0 Å². The van der Waals surface area contributed by atoms with E-state index in [0.717, 1.165) is 36.5 Å². The molecule has 7 nitrogen and oxygen atoms in total. The predicted molar refractivity (Wildman–Crippen MR) is 89.2 cm³/mol. The highest BCUT2D eigenvalue weighted by Gasteiger charge is 2.33. The van der Waals surface area contributed by atoms with E-state index >= 15 is 0 Å². The zero-order valence-electron chi connectivity index (χ0n) is 14.3. The minimum Gasteiger partial charge on any atom is -0.329 e. The summed E-state index contributed by atoms with van der Waals surface area (Å²) < 4.78 is 0. The van der Waals surface area contributed by atoms with Gasteiger partial charge in [0.2, 0.25) is 0 Å². The van der Waals surface area contributed by atoms with Crippen molar-refractivity contribution in [1.82, 2.24) is 29.7 Å². The predicted octanol–water partition coefficient (Wildman–Crippen LogP) is 1.61. The van der Waals surface area contributed by atoms with Gasteiger partial charge in [-0.3, -0.25) is 9.78 Å². The van der Waals surface area contributed by atoms with Crippen molar-refractivity contribution in [2.75, 3.05) is 20.6 Å². The number of amides is 1. The van der Waals surface area contributed by atoms with Crippen LogP contribution < -0.4 is 0 Å². The Kier molecular flexibility index (Phi) is 4.80. The SMILES string of the molecule is Cc1ncc(CN(C)C)c([C@@H]2CCCN2C(=O)c2cnccn2)n1. The second kappa shape index (κ2) is 7.00. The van der Waals surface area contributed by atoms with E-state index in [-0.39, 0.29) is 11.9 Å². The molecular weight excluding hydrogens is 304 g/mol. The number of rotatable bonds is 4. The average Bonchev–Trinajstić information content (AvgIpc) is 3.05. The highest BCUT2D eigenvalue weighted by Crippen LogP contribution is 2.33. The molecule has 0 saturated carbocycles. The Morgan fingerprint density at radius 1 is 1.29 bits per heavy atom. The molecule has 3 rings (SSSR count). The fraction of sp³-hybridized carbons (Fsp3) is 0.471. The van der Waals surface area contributed by atoms with Gasteiger partial charge in [0.15, 0.2) is 0 Å². The van der Waals surface area contributed by atoms with E-state index in [9.17, 15) is 4.79 Å². The summed E-state index contributed by atoms with van der Waals surface area (Å²) in [5.41, 5.74) is 2.39. The summed E-state index contributed by atoms with van der Waals surface area (Å²) >= 11 is 0. The molecule has 1 aliphatic heterocycles. The van der Waals surface area contributed by atoms with Crippen molar-refractivity contribution >= 4 is 5.91 Å². The third-order valence-electron chi connectivity index (χ3n) is 4.12. The molecule has 0 unspecified atom stereocenters. The fourth-order valence-electron chi connectivity index (χ4n) is 3.11. The van der Waals surface area contributed by atoms with Crippen LogP contribution in [0.25, 0.3) is 0 Å². The lowest BCUT2D eigenvalue weighted by Gasteiger charge is -2.26. The van der Waals surface area contributed by atoms with E-state index in [1.807, 2.05) is 32.1 Å². The quantitative estimate of drug-likeness (QED) is 0.850. The van der Waals surface area contributed by atoms with E-state index in [0.29, 0.717) is 12.2 Å². The van der Waals surface area contributed by atoms with Gasteiger partial charge in [-0.1, -0.05) is 0 Å². The van der Waals surface area contributed by atoms with Crippen molar-refractivity contribution in [2.24, 2.45) is 0 Å². The average molecular weight is 326 g/mol. The summed E-state index contributed by atoms with van der Waals surface area (Å²) in [4.78, 5) is 33.9. The van der Waals surface area contributed by atoms with Crippen molar-refractivity contribution in [3.63, 3.8) is 0 Å². The first-order valence-corrected chi connectivity index (χ1v) is 8.10. The Morgan fingerprint density at radius 3 is 2.83 bits per heavy atom. The van der Waals surface area contributed by atoms with E-state index in [1.165, 1.54) is 6.20 Å². The molecule has 0 aliphatic carbocycles. The molecule has 1 fully saturated rings. The van der Waals surface area contributed by atoms with Crippen LogP contribution in [-0.4, -0.2) is 56.3 Å². The van der Waals surface area contributed by atoms with Crippen LogP contribution in [0.3, 0.4) is 0 Å². The van der Waals surface area contributed by atoms with Crippen molar-refractivity contribution in [3.05, 3.63) is 47.6 Å². The topological polar surface area (TPSA) is 75.1 Å². The van der Waals surface area contributed by atoms with Crippen LogP contribution in [0.5, 0.6) is 0 Å². The molecule has 126 valence electrons. The molecule has 1 saturated heterocycles. The van der Waals surface area contributed by atoms with Gasteiger partial charge in [-0.25, -0.2) is 15.0 Å². The minimum atomic E-state index is -0.0855. The number of hydrogen-bond donors (Lipinski definition) is 0. The second-order valence-corrected chi connectivity index (χ2v) is 6.31. The maximum Gasteiger partial charge on any atom is 0.274 e. The lowest BCUT2D eigenvalue weighted by atomic mass is 10.1. The van der Waals surface area contributed by atoms with Gasteiger partial charge < -0.3 is 9.80 Å². The van der Waals surface area contributed by atoms with Gasteiger partial charge in [-0.15, -0.1) is 0 Å². The largest absolute Gasteiger partial charge is 0.329 e. The lowest BCUT2D eigenvalue weighted by Crippen LogP contribution is -2.32. The van der Waals surface area contributed by atoms with Gasteiger partial charge in [0.1, 0.15) is 11.5 Å². The zero-order valence-corrected chi connectivity index (χ0v) is 14.3. The van der Waals surface area contributed by atoms with Gasteiger partial charge in [0, 0.05) is 37.2 Å². The monoisotopic (exact) mass is 326 g/mol. The number of likely N-dealkylation sites (tertiary alicyclic amines) is 1. The standard InChI is InChI=1S/C17H22N6O/c1-12-20-9-13(11-22(2)3)16(21-12)15-5-4-8-23(15)17(24)14-10-18-6-7-19-14/h6-7,9-10,15H,4-5,8,11H2,1-3H3/t15-/m0/s1. The number of carbonyl (C=O) groups is 1. The summed E-state index contributed by atoms with van der Waals surface area (Å²) in [7, 11) is 4.03. The number of hydrogen-bond acceptors (Lipinski definition) is 6. The molecule has 0 bridgehead atoms. The molecular formula is C17H22N6O. The zero-order chi connectivity index (χ0) is 17.1. The maximum absolute atomic E-state index is 12.8. The molecule has 1 atom stereocenters. The van der Waals surface area contributed by atoms with Crippen LogP contribution in [0.15, 0.2) is 24.8 Å². The van der Waals surface area contributed by atoms with Gasteiger partial charge in [-0.05, 0) is 33.9 Å². The van der Waals surface area contributed by atoms with E-state index in [1.54, 1.807) is 12.4 Å². The van der Waals surface area contributed by atoms with Crippen LogP contribution in [0, 0.1) is 6.92 Å². The van der Waals surface area contributed by atoms with Crippen molar-refractivity contribution in [2.45, 2.75) is 32.4 Å². The summed E-state index contributed by atoms with van der Waals surface area (Å²) in [6, 6.07) is -0.0313. The van der Waals surface area contributed by atoms with Crippen LogP contribution in [-0.2, 0) is 6.54 Å². The van der Waals surface area contributed by atoms with Gasteiger partial charge in [-0.2, -0.15) is 0 Å². The number of nitrogens with zero attached hydrogens (tertiary/aromatic N) is 6. The van der Waals surface area contributed by atoms with Crippen LogP contribution in [0.2, 0.25) is 0 Å². The van der Waals surface area contributed by atoms with Crippen molar-refractivity contribution in [1.29, 1.82) is 0 Å². The first-order chi connectivity index (χ1) is 11.6. The molecule has 0 N–H and O–H groups in total. The number of aryl methyl sites for hydroxylation is 1. The number of carbonyl (C=O) groups excluding carboxylic acids is 1. The minimum absolute atomic E-state index is 0.0313. The third-order valence-corrected chi connectivity index (χ3v) is 4.12. The van der Waals surface area contributed by atoms with E-state index in [2.05, 4.69) is 24.8 Å². The number of aromatic nitrogens is 4. The smallest absolute Gasteiger partial charge is 0.274 e. The lowest BCUT2D eigenvalue weighted by molar-refractivity contribution is 0.0725. The normalized spacial score (nSPS) is 17.5. The molecule has 1 amide bonds. The van der Waals surface area contributed by atoms with Gasteiger partial charge >= 0.3 is 0 Å². The van der Waals surface area contributed by atoms with Crippen LogP contribution in [0.1, 0.15) is 46.5 Å². The van der Waals surface area contributed by atoms with Gasteiger partial charge in [0.25, 0.3) is 5.91 Å². The molecule has 24 heavy (non-hydrogen) atoms. The van der Waals surface area contributed by atoms with E-state index in [4.69, 9.17) is 0 Å². The summed E-state index contributed by atoms with van der Waals surface area (Å²) in [5, 5.41) is 0. The molecule has 0 radical (unpaired) electrons. The van der Waals surface area contributed by atoms with Gasteiger partial charge in [0.05, 0.1) is 17.9 Å². The van der Waals surface area contributed by atoms with Crippen molar-refractivity contribution < 1.29 is 4.79 Å². The van der Waals surface area contributed by atoms with Crippen LogP contribution in [0.4, 0.5) is 0 Å². The highest BCUT2D eigenvalue weighted by molar-refractivity contribution is 5.92. The Labute approximate surface area is 141 Å². The molecule has 2 aromatic heterocycles. The molecule has 2 aromatic rings. The first-order valence-electron chi connectivity index (χ1n) is 8.10. The van der Waals surface area contributed by atoms with E-state index < -0.39 is 0 Å². The Bertz CT molecular complexity index is 718. The first kappa shape index (κ1) is 16.4. The molecule has 7 heteroatoms.